The van der Waals surface area contributed by atoms with Crippen LogP contribution < -0.4 is 16.8 Å². The Morgan fingerprint density at radius 1 is 1.26 bits per heavy atom. The Kier molecular flexibility index (Phi) is 10.3. The minimum atomic E-state index is -5.08. The van der Waals surface area contributed by atoms with Gasteiger partial charge in [-0.1, -0.05) is 0 Å². The van der Waals surface area contributed by atoms with Crippen molar-refractivity contribution in [2.45, 2.75) is 38.0 Å². The topological polar surface area (TPSA) is 162 Å². The van der Waals surface area contributed by atoms with Gasteiger partial charge < -0.3 is 26.6 Å². The molecule has 0 radical (unpaired) electrons. The molecule has 0 heterocycles. The predicted octanol–water partition coefficient (Wildman–Crippen LogP) is -1.11. The van der Waals surface area contributed by atoms with E-state index in [4.69, 9.17) is 21.4 Å². The standard InChI is InChI=1S/C9H17N3O4.C2HF3O2/c1-5(10)9(15)12-6(8(11)14)3-4-7(13)16-2;3-2(4,5)1(6)7/h5-6H,3-4,10H2,1-2H3,(H2,11,14)(H,12,15);(H,6,7)/t5-,6+;/m0./s1. The number of carboxylic acids is 1. The molecule has 0 aliphatic heterocycles. The lowest BCUT2D eigenvalue weighted by atomic mass is 10.1. The van der Waals surface area contributed by atoms with Crippen molar-refractivity contribution in [3.63, 3.8) is 0 Å². The number of aliphatic carboxylic acids is 1. The van der Waals surface area contributed by atoms with Gasteiger partial charge in [0.25, 0.3) is 0 Å². The van der Waals surface area contributed by atoms with Crippen LogP contribution in [0.25, 0.3) is 0 Å². The highest BCUT2D eigenvalue weighted by Crippen LogP contribution is 2.13. The van der Waals surface area contributed by atoms with E-state index in [1.165, 1.54) is 14.0 Å². The largest absolute Gasteiger partial charge is 0.490 e. The molecule has 0 rings (SSSR count). The number of hydrogen-bond acceptors (Lipinski definition) is 6. The van der Waals surface area contributed by atoms with Crippen molar-refractivity contribution in [1.82, 2.24) is 5.32 Å². The molecule has 9 nitrogen and oxygen atoms in total. The summed E-state index contributed by atoms with van der Waals surface area (Å²) in [7, 11) is 1.24. The quantitative estimate of drug-likeness (QED) is 0.444. The summed E-state index contributed by atoms with van der Waals surface area (Å²) in [6, 6.07) is -1.64. The second-order valence-corrected chi connectivity index (χ2v) is 4.17. The molecule has 0 aromatic rings. The number of hydrogen-bond donors (Lipinski definition) is 4. The van der Waals surface area contributed by atoms with Crippen molar-refractivity contribution in [1.29, 1.82) is 0 Å². The Morgan fingerprint density at radius 3 is 1.96 bits per heavy atom. The van der Waals surface area contributed by atoms with Crippen molar-refractivity contribution in [2.75, 3.05) is 7.11 Å². The van der Waals surface area contributed by atoms with Crippen LogP contribution in [0.1, 0.15) is 19.8 Å². The van der Waals surface area contributed by atoms with Crippen LogP contribution in [0.15, 0.2) is 0 Å². The maximum Gasteiger partial charge on any atom is 0.490 e. The third-order valence-corrected chi connectivity index (χ3v) is 2.18. The normalized spacial score (nSPS) is 13.0. The van der Waals surface area contributed by atoms with Crippen LogP contribution >= 0.6 is 0 Å². The number of amides is 2. The van der Waals surface area contributed by atoms with Gasteiger partial charge in [-0.15, -0.1) is 0 Å². The zero-order valence-electron chi connectivity index (χ0n) is 12.3. The Bertz CT molecular complexity index is 439. The SMILES string of the molecule is COC(=O)CC[C@@H](NC(=O)[C@H](C)N)C(N)=O.O=C(O)C(F)(F)F. The molecule has 0 saturated heterocycles. The molecule has 6 N–H and O–H groups in total. The van der Waals surface area contributed by atoms with Gasteiger partial charge in [0.15, 0.2) is 0 Å². The summed E-state index contributed by atoms with van der Waals surface area (Å²) in [6.45, 7) is 1.48. The molecular formula is C11H18F3N3O6. The van der Waals surface area contributed by atoms with E-state index < -0.39 is 42.0 Å². The number of nitrogens with one attached hydrogen (secondary N) is 1. The van der Waals surface area contributed by atoms with Crippen LogP contribution in [0, 0.1) is 0 Å². The summed E-state index contributed by atoms with van der Waals surface area (Å²) in [6.07, 6.45) is -4.98. The monoisotopic (exact) mass is 345 g/mol. The number of primary amides is 1. The fraction of sp³-hybridized carbons (Fsp3) is 0.636. The van der Waals surface area contributed by atoms with E-state index in [-0.39, 0.29) is 12.8 Å². The van der Waals surface area contributed by atoms with E-state index >= 15 is 0 Å². The van der Waals surface area contributed by atoms with Crippen molar-refractivity contribution < 1.29 is 42.2 Å². The Hall–Kier alpha value is -2.37. The zero-order valence-corrected chi connectivity index (χ0v) is 12.3. The van der Waals surface area contributed by atoms with Gasteiger partial charge in [0, 0.05) is 6.42 Å². The van der Waals surface area contributed by atoms with E-state index in [9.17, 15) is 27.6 Å². The van der Waals surface area contributed by atoms with Crippen molar-refractivity contribution in [3.05, 3.63) is 0 Å². The molecule has 0 aromatic heterocycles. The second kappa shape index (κ2) is 10.4. The average molecular weight is 345 g/mol. The first kappa shape index (κ1) is 22.9. The number of carbonyl (C=O) groups excluding carboxylic acids is 3. The van der Waals surface area contributed by atoms with Gasteiger partial charge >= 0.3 is 18.1 Å². The van der Waals surface area contributed by atoms with Gasteiger partial charge in [-0.05, 0) is 13.3 Å². The first-order valence-corrected chi connectivity index (χ1v) is 6.05. The van der Waals surface area contributed by atoms with Crippen LogP contribution in [-0.2, 0) is 23.9 Å². The Labute approximate surface area is 129 Å². The van der Waals surface area contributed by atoms with Crippen molar-refractivity contribution in [3.8, 4) is 0 Å². The lowest BCUT2D eigenvalue weighted by Gasteiger charge is -2.16. The number of nitrogens with two attached hydrogens (primary N) is 2. The maximum atomic E-state index is 11.2. The van der Waals surface area contributed by atoms with Crippen molar-refractivity contribution in [2.24, 2.45) is 11.5 Å². The minimum Gasteiger partial charge on any atom is -0.475 e. The summed E-state index contributed by atoms with van der Waals surface area (Å²) in [5.74, 6) is -4.43. The highest BCUT2D eigenvalue weighted by atomic mass is 19.4. The number of ether oxygens (including phenoxy) is 1. The number of carboxylic acid groups (broad SMARTS) is 1. The molecule has 0 saturated carbocycles. The summed E-state index contributed by atoms with van der Waals surface area (Å²) >= 11 is 0. The molecule has 0 spiro atoms. The van der Waals surface area contributed by atoms with Gasteiger partial charge in [0.05, 0.1) is 13.2 Å². The Balaban J connectivity index is 0. The molecule has 134 valence electrons. The fourth-order valence-electron chi connectivity index (χ4n) is 0.953. The number of rotatable bonds is 6. The van der Waals surface area contributed by atoms with Gasteiger partial charge in [-0.3, -0.25) is 14.4 Å². The average Bonchev–Trinajstić information content (AvgIpc) is 2.41. The molecule has 0 unspecified atom stereocenters. The first-order valence-electron chi connectivity index (χ1n) is 6.05. The molecule has 0 bridgehead atoms. The van der Waals surface area contributed by atoms with Crippen molar-refractivity contribution >= 4 is 23.8 Å². The van der Waals surface area contributed by atoms with E-state index in [1.807, 2.05) is 0 Å². The molecule has 23 heavy (non-hydrogen) atoms. The van der Waals surface area contributed by atoms with Crippen LogP contribution in [0.3, 0.4) is 0 Å². The third kappa shape index (κ3) is 11.9. The van der Waals surface area contributed by atoms with E-state index in [1.54, 1.807) is 0 Å². The zero-order chi connectivity index (χ0) is 18.8. The summed E-state index contributed by atoms with van der Waals surface area (Å²) in [5, 5.41) is 9.47. The molecular weight excluding hydrogens is 327 g/mol. The summed E-state index contributed by atoms with van der Waals surface area (Å²) in [5.41, 5.74) is 10.4. The maximum absolute atomic E-state index is 11.2. The second-order valence-electron chi connectivity index (χ2n) is 4.17. The predicted molar refractivity (Wildman–Crippen MR) is 69.7 cm³/mol. The van der Waals surface area contributed by atoms with Crippen LogP contribution in [0.5, 0.6) is 0 Å². The van der Waals surface area contributed by atoms with E-state index in [0.29, 0.717) is 0 Å². The number of carbonyl (C=O) groups is 4. The lowest BCUT2D eigenvalue weighted by molar-refractivity contribution is -0.192. The molecule has 2 atom stereocenters. The number of halogens is 3. The third-order valence-electron chi connectivity index (χ3n) is 2.18. The highest BCUT2D eigenvalue weighted by Gasteiger charge is 2.38. The highest BCUT2D eigenvalue weighted by molar-refractivity contribution is 5.89. The van der Waals surface area contributed by atoms with Crippen LogP contribution in [0.2, 0.25) is 0 Å². The number of methoxy groups -OCH3 is 1. The number of esters is 1. The molecule has 12 heteroatoms. The van der Waals surface area contributed by atoms with E-state index in [0.717, 1.165) is 0 Å². The lowest BCUT2D eigenvalue weighted by Crippen LogP contribution is -2.49. The molecule has 0 aromatic carbocycles. The van der Waals surface area contributed by atoms with Gasteiger partial charge in [-0.2, -0.15) is 13.2 Å². The Morgan fingerprint density at radius 2 is 1.70 bits per heavy atom. The van der Waals surface area contributed by atoms with Gasteiger partial charge in [-0.25, -0.2) is 4.79 Å². The molecule has 0 aliphatic carbocycles. The first-order chi connectivity index (χ1) is 10.3. The van der Waals surface area contributed by atoms with Crippen LogP contribution in [-0.4, -0.2) is 54.2 Å². The fourth-order valence-corrected chi connectivity index (χ4v) is 0.953. The minimum absolute atomic E-state index is 0.00331. The van der Waals surface area contributed by atoms with Crippen LogP contribution in [0.4, 0.5) is 13.2 Å². The summed E-state index contributed by atoms with van der Waals surface area (Å²) < 4.78 is 36.1. The van der Waals surface area contributed by atoms with Gasteiger partial charge in [0.1, 0.15) is 6.04 Å². The molecule has 0 fully saturated rings. The number of alkyl halides is 3. The summed E-state index contributed by atoms with van der Waals surface area (Å²) in [4.78, 5) is 41.9. The molecule has 0 aliphatic rings. The smallest absolute Gasteiger partial charge is 0.475 e. The van der Waals surface area contributed by atoms with Gasteiger partial charge in [0.2, 0.25) is 11.8 Å². The molecule has 2 amide bonds. The van der Waals surface area contributed by atoms with E-state index in [2.05, 4.69) is 10.1 Å².